The lowest BCUT2D eigenvalue weighted by atomic mass is 10.1. The van der Waals surface area contributed by atoms with Gasteiger partial charge in [0, 0.05) is 41.5 Å². The molecule has 3 aromatic rings. The first-order valence-electron chi connectivity index (χ1n) is 10.8. The van der Waals surface area contributed by atoms with Crippen LogP contribution in [-0.4, -0.2) is 31.4 Å². The fraction of sp³-hybridized carbons (Fsp3) is 0.269. The molecule has 3 aromatic carbocycles. The van der Waals surface area contributed by atoms with Crippen LogP contribution in [0.4, 0.5) is 5.69 Å². The molecule has 1 amide bonds. The van der Waals surface area contributed by atoms with Crippen molar-refractivity contribution in [2.75, 3.05) is 30.3 Å². The molecule has 0 bridgehead atoms. The molecule has 0 aromatic heterocycles. The smallest absolute Gasteiger partial charge is 0.251 e. The Labute approximate surface area is 188 Å². The van der Waals surface area contributed by atoms with Gasteiger partial charge in [0.2, 0.25) is 0 Å². The molecule has 0 unspecified atom stereocenters. The monoisotopic (exact) mass is 432 g/mol. The minimum absolute atomic E-state index is 0.0743. The molecule has 1 aliphatic rings. The van der Waals surface area contributed by atoms with Gasteiger partial charge < -0.3 is 15.0 Å². The third kappa shape index (κ3) is 6.28. The third-order valence-electron chi connectivity index (χ3n) is 5.34. The number of nitrogens with one attached hydrogen (secondary N) is 1. The van der Waals surface area contributed by atoms with E-state index in [9.17, 15) is 4.79 Å². The maximum atomic E-state index is 12.5. The SMILES string of the molecule is O=C(NCc1ccc(N2CCCC2)cc1)c1ccc(OCCSc2ccccc2)cc1. The van der Waals surface area contributed by atoms with Crippen molar-refractivity contribution in [1.82, 2.24) is 5.32 Å². The Hall–Kier alpha value is -2.92. The van der Waals surface area contributed by atoms with Crippen LogP contribution < -0.4 is 15.0 Å². The van der Waals surface area contributed by atoms with Crippen LogP contribution >= 0.6 is 11.8 Å². The number of carbonyl (C=O) groups is 1. The van der Waals surface area contributed by atoms with Crippen LogP contribution in [0.1, 0.15) is 28.8 Å². The van der Waals surface area contributed by atoms with Crippen molar-refractivity contribution in [1.29, 1.82) is 0 Å². The largest absolute Gasteiger partial charge is 0.493 e. The molecule has 1 heterocycles. The van der Waals surface area contributed by atoms with Crippen LogP contribution in [0.5, 0.6) is 5.75 Å². The van der Waals surface area contributed by atoms with Gasteiger partial charge in [-0.15, -0.1) is 11.8 Å². The summed E-state index contributed by atoms with van der Waals surface area (Å²) in [5.41, 5.74) is 3.01. The molecule has 0 saturated carbocycles. The van der Waals surface area contributed by atoms with Crippen molar-refractivity contribution in [3.05, 3.63) is 90.0 Å². The van der Waals surface area contributed by atoms with Crippen molar-refractivity contribution >= 4 is 23.4 Å². The zero-order valence-electron chi connectivity index (χ0n) is 17.6. The minimum atomic E-state index is -0.0743. The Bertz CT molecular complexity index is 953. The van der Waals surface area contributed by atoms with E-state index in [1.807, 2.05) is 42.5 Å². The first-order valence-corrected chi connectivity index (χ1v) is 11.8. The standard InChI is InChI=1S/C26H28N2O2S/c29-26(27-20-21-8-12-23(13-9-21)28-16-4-5-17-28)22-10-14-24(15-11-22)30-18-19-31-25-6-2-1-3-7-25/h1-3,6-15H,4-5,16-20H2,(H,27,29). The van der Waals surface area contributed by atoms with Crippen LogP contribution in [0.15, 0.2) is 83.8 Å². The van der Waals surface area contributed by atoms with Gasteiger partial charge in [0.25, 0.3) is 5.91 Å². The zero-order valence-corrected chi connectivity index (χ0v) is 18.4. The second-order valence-corrected chi connectivity index (χ2v) is 8.75. The van der Waals surface area contributed by atoms with Gasteiger partial charge in [0.05, 0.1) is 6.61 Å². The number of ether oxygens (including phenoxy) is 1. The predicted octanol–water partition coefficient (Wildman–Crippen LogP) is 5.39. The van der Waals surface area contributed by atoms with Gasteiger partial charge in [0.15, 0.2) is 0 Å². The predicted molar refractivity (Wildman–Crippen MR) is 128 cm³/mol. The normalized spacial score (nSPS) is 13.2. The Morgan fingerprint density at radius 2 is 1.61 bits per heavy atom. The van der Waals surface area contributed by atoms with E-state index in [1.54, 1.807) is 11.8 Å². The lowest BCUT2D eigenvalue weighted by Gasteiger charge is -2.17. The van der Waals surface area contributed by atoms with Crippen molar-refractivity contribution in [2.45, 2.75) is 24.3 Å². The van der Waals surface area contributed by atoms with Crippen LogP contribution in [0.2, 0.25) is 0 Å². The number of nitrogens with zero attached hydrogens (tertiary/aromatic N) is 1. The van der Waals surface area contributed by atoms with E-state index in [1.165, 1.54) is 23.4 Å². The summed E-state index contributed by atoms with van der Waals surface area (Å²) in [5, 5.41) is 3.00. The van der Waals surface area contributed by atoms with E-state index in [0.717, 1.165) is 30.2 Å². The summed E-state index contributed by atoms with van der Waals surface area (Å²) in [6.45, 7) is 3.43. The number of rotatable bonds is 9. The lowest BCUT2D eigenvalue weighted by molar-refractivity contribution is 0.0951. The fourth-order valence-electron chi connectivity index (χ4n) is 3.62. The van der Waals surface area contributed by atoms with Crippen LogP contribution in [-0.2, 0) is 6.54 Å². The minimum Gasteiger partial charge on any atom is -0.493 e. The quantitative estimate of drug-likeness (QED) is 0.364. The van der Waals surface area contributed by atoms with Crippen LogP contribution in [0, 0.1) is 0 Å². The summed E-state index contributed by atoms with van der Waals surface area (Å²) in [5.74, 6) is 1.58. The maximum absolute atomic E-state index is 12.5. The van der Waals surface area contributed by atoms with Gasteiger partial charge in [-0.05, 0) is 66.9 Å². The van der Waals surface area contributed by atoms with Crippen LogP contribution in [0.25, 0.3) is 0 Å². The summed E-state index contributed by atoms with van der Waals surface area (Å²) in [7, 11) is 0. The Morgan fingerprint density at radius 1 is 0.903 bits per heavy atom. The molecular weight excluding hydrogens is 404 g/mol. The highest BCUT2D eigenvalue weighted by atomic mass is 32.2. The number of amides is 1. The van der Waals surface area contributed by atoms with Crippen molar-refractivity contribution in [3.63, 3.8) is 0 Å². The number of hydrogen-bond donors (Lipinski definition) is 1. The van der Waals surface area contributed by atoms with Crippen molar-refractivity contribution < 1.29 is 9.53 Å². The van der Waals surface area contributed by atoms with E-state index in [0.29, 0.717) is 18.7 Å². The third-order valence-corrected chi connectivity index (χ3v) is 6.32. The van der Waals surface area contributed by atoms with E-state index in [4.69, 9.17) is 4.74 Å². The summed E-state index contributed by atoms with van der Waals surface area (Å²) in [6.07, 6.45) is 2.54. The maximum Gasteiger partial charge on any atom is 0.251 e. The van der Waals surface area contributed by atoms with Gasteiger partial charge in [0.1, 0.15) is 5.75 Å². The molecule has 0 atom stereocenters. The molecule has 0 spiro atoms. The Balaban J connectivity index is 1.20. The number of benzene rings is 3. The molecule has 0 radical (unpaired) electrons. The van der Waals surface area contributed by atoms with Crippen molar-refractivity contribution in [3.8, 4) is 5.75 Å². The van der Waals surface area contributed by atoms with Gasteiger partial charge in [-0.1, -0.05) is 30.3 Å². The number of anilines is 1. The highest BCUT2D eigenvalue weighted by Gasteiger charge is 2.12. The first kappa shape index (κ1) is 21.3. The van der Waals surface area contributed by atoms with E-state index in [2.05, 4.69) is 46.6 Å². The Morgan fingerprint density at radius 3 is 2.32 bits per heavy atom. The summed E-state index contributed by atoms with van der Waals surface area (Å²) in [4.78, 5) is 16.1. The number of thioether (sulfide) groups is 1. The molecule has 1 aliphatic heterocycles. The fourth-order valence-corrected chi connectivity index (χ4v) is 4.37. The van der Waals surface area contributed by atoms with Crippen LogP contribution in [0.3, 0.4) is 0 Å². The zero-order chi connectivity index (χ0) is 21.3. The molecule has 31 heavy (non-hydrogen) atoms. The molecule has 160 valence electrons. The molecule has 5 heteroatoms. The topological polar surface area (TPSA) is 41.6 Å². The average Bonchev–Trinajstić information content (AvgIpc) is 3.37. The van der Waals surface area contributed by atoms with Gasteiger partial charge in [-0.25, -0.2) is 0 Å². The number of carbonyl (C=O) groups excluding carboxylic acids is 1. The molecule has 0 aliphatic carbocycles. The summed E-state index contributed by atoms with van der Waals surface area (Å²) in [6, 6.07) is 26.1. The summed E-state index contributed by atoms with van der Waals surface area (Å²) >= 11 is 1.77. The molecule has 1 N–H and O–H groups in total. The molecule has 1 fully saturated rings. The highest BCUT2D eigenvalue weighted by Crippen LogP contribution is 2.21. The van der Waals surface area contributed by atoms with Crippen molar-refractivity contribution in [2.24, 2.45) is 0 Å². The molecular formula is C26H28N2O2S. The lowest BCUT2D eigenvalue weighted by Crippen LogP contribution is -2.23. The first-order chi connectivity index (χ1) is 15.3. The van der Waals surface area contributed by atoms with E-state index >= 15 is 0 Å². The molecule has 4 rings (SSSR count). The van der Waals surface area contributed by atoms with Gasteiger partial charge in [-0.2, -0.15) is 0 Å². The van der Waals surface area contributed by atoms with Gasteiger partial charge >= 0.3 is 0 Å². The summed E-state index contributed by atoms with van der Waals surface area (Å²) < 4.78 is 5.79. The highest BCUT2D eigenvalue weighted by molar-refractivity contribution is 7.99. The van der Waals surface area contributed by atoms with E-state index < -0.39 is 0 Å². The van der Waals surface area contributed by atoms with Gasteiger partial charge in [-0.3, -0.25) is 4.79 Å². The molecule has 4 nitrogen and oxygen atoms in total. The average molecular weight is 433 g/mol. The Kier molecular flexibility index (Phi) is 7.51. The second kappa shape index (κ2) is 10.9. The van der Waals surface area contributed by atoms with E-state index in [-0.39, 0.29) is 5.91 Å². The molecule has 1 saturated heterocycles. The second-order valence-electron chi connectivity index (χ2n) is 7.58. The number of hydrogen-bond acceptors (Lipinski definition) is 4.